The van der Waals surface area contributed by atoms with Gasteiger partial charge in [0.1, 0.15) is 0 Å². The first-order chi connectivity index (χ1) is 9.20. The maximum absolute atomic E-state index is 12.2. The SMILES string of the molecule is Cc1ccc(C(=O)NC(CBr)c2ccccc2)cc1. The zero-order chi connectivity index (χ0) is 13.7. The molecular formula is C16H16BrNO. The number of rotatable bonds is 4. The Balaban J connectivity index is 2.10. The average Bonchev–Trinajstić information content (AvgIpc) is 2.46. The van der Waals surface area contributed by atoms with E-state index in [1.54, 1.807) is 0 Å². The number of alkyl halides is 1. The number of nitrogens with one attached hydrogen (secondary N) is 1. The quantitative estimate of drug-likeness (QED) is 0.852. The summed E-state index contributed by atoms with van der Waals surface area (Å²) in [7, 11) is 0. The molecule has 0 fully saturated rings. The van der Waals surface area contributed by atoms with Crippen molar-refractivity contribution < 1.29 is 4.79 Å². The van der Waals surface area contributed by atoms with Gasteiger partial charge in [0.15, 0.2) is 0 Å². The van der Waals surface area contributed by atoms with Crippen molar-refractivity contribution in [3.05, 3.63) is 71.3 Å². The smallest absolute Gasteiger partial charge is 0.251 e. The number of hydrogen-bond donors (Lipinski definition) is 1. The molecule has 2 aromatic carbocycles. The molecule has 2 rings (SSSR count). The van der Waals surface area contributed by atoms with Crippen LogP contribution in [0.3, 0.4) is 0 Å². The molecule has 0 aliphatic heterocycles. The Morgan fingerprint density at radius 3 is 2.32 bits per heavy atom. The van der Waals surface area contributed by atoms with Gasteiger partial charge in [0.25, 0.3) is 5.91 Å². The van der Waals surface area contributed by atoms with E-state index in [1.807, 2.05) is 61.5 Å². The number of aryl methyl sites for hydroxylation is 1. The standard InChI is InChI=1S/C16H16BrNO/c1-12-7-9-14(10-8-12)16(19)18-15(11-17)13-5-3-2-4-6-13/h2-10,15H,11H2,1H3,(H,18,19). The van der Waals surface area contributed by atoms with Crippen molar-refractivity contribution in [1.29, 1.82) is 0 Å². The molecule has 19 heavy (non-hydrogen) atoms. The minimum absolute atomic E-state index is 0.0185. The topological polar surface area (TPSA) is 29.1 Å². The predicted octanol–water partition coefficient (Wildman–Crippen LogP) is 3.86. The van der Waals surface area contributed by atoms with Crippen LogP contribution in [-0.2, 0) is 0 Å². The average molecular weight is 318 g/mol. The van der Waals surface area contributed by atoms with E-state index in [9.17, 15) is 4.79 Å². The Morgan fingerprint density at radius 2 is 1.74 bits per heavy atom. The van der Waals surface area contributed by atoms with Crippen molar-refractivity contribution in [3.8, 4) is 0 Å². The maximum Gasteiger partial charge on any atom is 0.251 e. The molecular weight excluding hydrogens is 302 g/mol. The summed E-state index contributed by atoms with van der Waals surface area (Å²) in [6.07, 6.45) is 0. The number of amides is 1. The molecule has 0 radical (unpaired) electrons. The van der Waals surface area contributed by atoms with Gasteiger partial charge in [0.05, 0.1) is 6.04 Å². The zero-order valence-corrected chi connectivity index (χ0v) is 12.4. The third kappa shape index (κ3) is 3.67. The van der Waals surface area contributed by atoms with E-state index >= 15 is 0 Å². The molecule has 3 heteroatoms. The van der Waals surface area contributed by atoms with Crippen molar-refractivity contribution in [3.63, 3.8) is 0 Å². The van der Waals surface area contributed by atoms with E-state index in [0.717, 1.165) is 11.1 Å². The third-order valence-electron chi connectivity index (χ3n) is 2.98. The monoisotopic (exact) mass is 317 g/mol. The molecule has 98 valence electrons. The van der Waals surface area contributed by atoms with Crippen LogP contribution in [0.4, 0.5) is 0 Å². The van der Waals surface area contributed by atoms with Gasteiger partial charge in [-0.15, -0.1) is 0 Å². The second kappa shape index (κ2) is 6.53. The van der Waals surface area contributed by atoms with Crippen LogP contribution in [-0.4, -0.2) is 11.2 Å². The number of halogens is 1. The lowest BCUT2D eigenvalue weighted by Gasteiger charge is -2.16. The molecule has 1 atom stereocenters. The third-order valence-corrected chi connectivity index (χ3v) is 3.62. The second-order valence-corrected chi connectivity index (χ2v) is 5.10. The summed E-state index contributed by atoms with van der Waals surface area (Å²) in [6.45, 7) is 2.01. The highest BCUT2D eigenvalue weighted by Gasteiger charge is 2.14. The van der Waals surface area contributed by atoms with Gasteiger partial charge >= 0.3 is 0 Å². The molecule has 2 nitrogen and oxygen atoms in total. The number of carbonyl (C=O) groups is 1. The fourth-order valence-electron chi connectivity index (χ4n) is 1.84. The molecule has 1 N–H and O–H groups in total. The highest BCUT2D eigenvalue weighted by Crippen LogP contribution is 2.16. The lowest BCUT2D eigenvalue weighted by molar-refractivity contribution is 0.0941. The minimum atomic E-state index is -0.0479. The van der Waals surface area contributed by atoms with Gasteiger partial charge in [-0.3, -0.25) is 4.79 Å². The summed E-state index contributed by atoms with van der Waals surface area (Å²) in [5.41, 5.74) is 2.93. The lowest BCUT2D eigenvalue weighted by atomic mass is 10.1. The molecule has 0 bridgehead atoms. The molecule has 0 aliphatic carbocycles. The first-order valence-electron chi connectivity index (χ1n) is 6.19. The van der Waals surface area contributed by atoms with E-state index < -0.39 is 0 Å². The summed E-state index contributed by atoms with van der Waals surface area (Å²) in [5.74, 6) is -0.0479. The van der Waals surface area contributed by atoms with Crippen LogP contribution in [0.15, 0.2) is 54.6 Å². The van der Waals surface area contributed by atoms with E-state index in [4.69, 9.17) is 0 Å². The van der Waals surface area contributed by atoms with E-state index in [-0.39, 0.29) is 11.9 Å². The molecule has 0 saturated heterocycles. The number of carbonyl (C=O) groups excluding carboxylic acids is 1. The number of benzene rings is 2. The summed E-state index contributed by atoms with van der Waals surface area (Å²) in [5, 5.41) is 3.72. The summed E-state index contributed by atoms with van der Waals surface area (Å²) in [4.78, 5) is 12.2. The maximum atomic E-state index is 12.2. The van der Waals surface area contributed by atoms with Crippen LogP contribution >= 0.6 is 15.9 Å². The number of hydrogen-bond acceptors (Lipinski definition) is 1. The van der Waals surface area contributed by atoms with Gasteiger partial charge in [0.2, 0.25) is 0 Å². The molecule has 0 saturated carbocycles. The van der Waals surface area contributed by atoms with Crippen LogP contribution in [0.1, 0.15) is 27.5 Å². The second-order valence-electron chi connectivity index (χ2n) is 4.46. The summed E-state index contributed by atoms with van der Waals surface area (Å²) >= 11 is 3.45. The fraction of sp³-hybridized carbons (Fsp3) is 0.188. The highest BCUT2D eigenvalue weighted by molar-refractivity contribution is 9.09. The summed E-state index contributed by atoms with van der Waals surface area (Å²) < 4.78 is 0. The van der Waals surface area contributed by atoms with Crippen molar-refractivity contribution in [2.24, 2.45) is 0 Å². The minimum Gasteiger partial charge on any atom is -0.344 e. The Labute approximate surface area is 122 Å². The van der Waals surface area contributed by atoms with Crippen molar-refractivity contribution in [2.45, 2.75) is 13.0 Å². The van der Waals surface area contributed by atoms with Crippen molar-refractivity contribution >= 4 is 21.8 Å². The molecule has 2 aromatic rings. The van der Waals surface area contributed by atoms with Crippen LogP contribution < -0.4 is 5.32 Å². The largest absolute Gasteiger partial charge is 0.344 e. The van der Waals surface area contributed by atoms with Crippen molar-refractivity contribution in [2.75, 3.05) is 5.33 Å². The lowest BCUT2D eigenvalue weighted by Crippen LogP contribution is -2.29. The zero-order valence-electron chi connectivity index (χ0n) is 10.8. The fourth-order valence-corrected chi connectivity index (χ4v) is 2.38. The molecule has 1 unspecified atom stereocenters. The van der Waals surface area contributed by atoms with Gasteiger partial charge in [-0.2, -0.15) is 0 Å². The van der Waals surface area contributed by atoms with E-state index in [2.05, 4.69) is 21.2 Å². The van der Waals surface area contributed by atoms with Crippen LogP contribution in [0.5, 0.6) is 0 Å². The molecule has 1 amide bonds. The molecule has 0 spiro atoms. The van der Waals surface area contributed by atoms with E-state index in [1.165, 1.54) is 0 Å². The van der Waals surface area contributed by atoms with Gasteiger partial charge in [0, 0.05) is 10.9 Å². The van der Waals surface area contributed by atoms with Gasteiger partial charge in [-0.25, -0.2) is 0 Å². The Kier molecular flexibility index (Phi) is 4.74. The van der Waals surface area contributed by atoms with Gasteiger partial charge < -0.3 is 5.32 Å². The highest BCUT2D eigenvalue weighted by atomic mass is 79.9. The van der Waals surface area contributed by atoms with Crippen LogP contribution in [0.2, 0.25) is 0 Å². The van der Waals surface area contributed by atoms with Crippen LogP contribution in [0.25, 0.3) is 0 Å². The van der Waals surface area contributed by atoms with Crippen LogP contribution in [0, 0.1) is 6.92 Å². The van der Waals surface area contributed by atoms with Gasteiger partial charge in [-0.05, 0) is 24.6 Å². The normalized spacial score (nSPS) is 11.9. The Bertz CT molecular complexity index is 536. The Hall–Kier alpha value is -1.61. The van der Waals surface area contributed by atoms with Gasteiger partial charge in [-0.1, -0.05) is 64.0 Å². The van der Waals surface area contributed by atoms with E-state index in [0.29, 0.717) is 10.9 Å². The molecule has 0 heterocycles. The predicted molar refractivity (Wildman–Crippen MR) is 81.6 cm³/mol. The molecule has 0 aliphatic rings. The summed E-state index contributed by atoms with van der Waals surface area (Å²) in [6, 6.07) is 17.5. The first-order valence-corrected chi connectivity index (χ1v) is 7.31. The Morgan fingerprint density at radius 1 is 1.11 bits per heavy atom. The first kappa shape index (κ1) is 13.8. The van der Waals surface area contributed by atoms with Crippen molar-refractivity contribution in [1.82, 2.24) is 5.32 Å². The molecule has 0 aromatic heterocycles.